The minimum Gasteiger partial charge on any atom is -0.479 e. The summed E-state index contributed by atoms with van der Waals surface area (Å²) in [7, 11) is 0. The quantitative estimate of drug-likeness (QED) is 0.928. The van der Waals surface area contributed by atoms with Crippen LogP contribution in [0.5, 0.6) is 5.75 Å². The summed E-state index contributed by atoms with van der Waals surface area (Å²) in [6.07, 6.45) is 6.55. The van der Waals surface area contributed by atoms with Crippen molar-refractivity contribution in [3.63, 3.8) is 0 Å². The topological polar surface area (TPSA) is 69.0 Å². The SMILES string of the molecule is Cc1cn2c(n1)CC[C@@H](NC(=O)[C@H](C)Oc1cccnc1)C2. The van der Waals surface area contributed by atoms with Crippen LogP contribution in [0.1, 0.15) is 24.9 Å². The van der Waals surface area contributed by atoms with Crippen molar-refractivity contribution in [1.82, 2.24) is 19.9 Å². The van der Waals surface area contributed by atoms with Crippen molar-refractivity contribution >= 4 is 5.91 Å². The standard InChI is InChI=1S/C16H20N4O2/c1-11-9-20-10-13(5-6-15(20)18-11)19-16(21)12(2)22-14-4-3-7-17-8-14/h3-4,7-9,12-13H,5-6,10H2,1-2H3,(H,19,21)/t12-,13+/m0/s1. The van der Waals surface area contributed by atoms with Crippen LogP contribution in [-0.2, 0) is 17.8 Å². The summed E-state index contributed by atoms with van der Waals surface area (Å²) >= 11 is 0. The molecule has 0 unspecified atom stereocenters. The molecule has 0 saturated heterocycles. The van der Waals surface area contributed by atoms with Gasteiger partial charge in [0.1, 0.15) is 11.6 Å². The molecule has 0 radical (unpaired) electrons. The molecular weight excluding hydrogens is 280 g/mol. The molecule has 3 heterocycles. The molecule has 0 bridgehead atoms. The van der Waals surface area contributed by atoms with E-state index in [0.29, 0.717) is 5.75 Å². The lowest BCUT2D eigenvalue weighted by molar-refractivity contribution is -0.128. The summed E-state index contributed by atoms with van der Waals surface area (Å²) in [4.78, 5) is 20.7. The van der Waals surface area contributed by atoms with Gasteiger partial charge >= 0.3 is 0 Å². The van der Waals surface area contributed by atoms with E-state index in [1.54, 1.807) is 31.5 Å². The molecule has 0 fully saturated rings. The van der Waals surface area contributed by atoms with Gasteiger partial charge in [0.25, 0.3) is 5.91 Å². The number of hydrogen-bond acceptors (Lipinski definition) is 4. The van der Waals surface area contributed by atoms with E-state index in [-0.39, 0.29) is 11.9 Å². The summed E-state index contributed by atoms with van der Waals surface area (Å²) in [6, 6.07) is 3.69. The Morgan fingerprint density at radius 3 is 3.18 bits per heavy atom. The number of nitrogens with one attached hydrogen (secondary N) is 1. The van der Waals surface area contributed by atoms with E-state index in [9.17, 15) is 4.79 Å². The smallest absolute Gasteiger partial charge is 0.261 e. The number of ether oxygens (including phenoxy) is 1. The molecule has 116 valence electrons. The third kappa shape index (κ3) is 3.27. The molecule has 1 aliphatic heterocycles. The van der Waals surface area contributed by atoms with E-state index in [4.69, 9.17) is 4.74 Å². The first kappa shape index (κ1) is 14.6. The number of nitrogens with zero attached hydrogens (tertiary/aromatic N) is 3. The maximum absolute atomic E-state index is 12.3. The van der Waals surface area contributed by atoms with Crippen LogP contribution in [0.3, 0.4) is 0 Å². The van der Waals surface area contributed by atoms with Crippen molar-refractivity contribution < 1.29 is 9.53 Å². The fraction of sp³-hybridized carbons (Fsp3) is 0.438. The fourth-order valence-corrected chi connectivity index (χ4v) is 2.70. The Morgan fingerprint density at radius 2 is 2.41 bits per heavy atom. The first-order chi connectivity index (χ1) is 10.6. The number of aromatic nitrogens is 3. The van der Waals surface area contributed by atoms with Crippen molar-refractivity contribution in [1.29, 1.82) is 0 Å². The highest BCUT2D eigenvalue weighted by molar-refractivity contribution is 5.81. The van der Waals surface area contributed by atoms with Gasteiger partial charge in [0.05, 0.1) is 11.9 Å². The van der Waals surface area contributed by atoms with Gasteiger partial charge in [-0.25, -0.2) is 4.98 Å². The van der Waals surface area contributed by atoms with Gasteiger partial charge in [-0.1, -0.05) is 0 Å². The first-order valence-corrected chi connectivity index (χ1v) is 7.51. The van der Waals surface area contributed by atoms with Crippen LogP contribution in [0, 0.1) is 6.92 Å². The van der Waals surface area contributed by atoms with Crippen molar-refractivity contribution in [3.05, 3.63) is 42.2 Å². The van der Waals surface area contributed by atoms with Crippen LogP contribution in [0.25, 0.3) is 0 Å². The summed E-state index contributed by atoms with van der Waals surface area (Å²) in [6.45, 7) is 4.50. The highest BCUT2D eigenvalue weighted by Crippen LogP contribution is 2.15. The third-order valence-corrected chi connectivity index (χ3v) is 3.78. The van der Waals surface area contributed by atoms with Gasteiger partial charge in [0.15, 0.2) is 6.10 Å². The number of aryl methyl sites for hydroxylation is 2. The number of amides is 1. The molecule has 6 nitrogen and oxygen atoms in total. The predicted molar refractivity (Wildman–Crippen MR) is 81.5 cm³/mol. The lowest BCUT2D eigenvalue weighted by Crippen LogP contribution is -2.46. The van der Waals surface area contributed by atoms with Crippen LogP contribution in [0.15, 0.2) is 30.7 Å². The van der Waals surface area contributed by atoms with E-state index >= 15 is 0 Å². The summed E-state index contributed by atoms with van der Waals surface area (Å²) in [5.74, 6) is 1.60. The second-order valence-electron chi connectivity index (χ2n) is 5.64. The minimum absolute atomic E-state index is 0.103. The Bertz CT molecular complexity index is 653. The molecule has 1 amide bonds. The molecule has 2 aromatic heterocycles. The zero-order chi connectivity index (χ0) is 15.5. The van der Waals surface area contributed by atoms with Gasteiger partial charge in [-0.15, -0.1) is 0 Å². The largest absolute Gasteiger partial charge is 0.479 e. The molecule has 6 heteroatoms. The van der Waals surface area contributed by atoms with Gasteiger partial charge < -0.3 is 14.6 Å². The van der Waals surface area contributed by atoms with Crippen LogP contribution < -0.4 is 10.1 Å². The van der Waals surface area contributed by atoms with Crippen molar-refractivity contribution in [3.8, 4) is 5.75 Å². The Balaban J connectivity index is 1.56. The molecule has 0 aliphatic carbocycles. The number of rotatable bonds is 4. The van der Waals surface area contributed by atoms with E-state index in [2.05, 4.69) is 19.9 Å². The highest BCUT2D eigenvalue weighted by Gasteiger charge is 2.24. The number of pyridine rings is 1. The molecular formula is C16H20N4O2. The molecule has 0 saturated carbocycles. The maximum atomic E-state index is 12.3. The van der Waals surface area contributed by atoms with Crippen LogP contribution in [0.4, 0.5) is 0 Å². The second kappa shape index (κ2) is 6.17. The van der Waals surface area contributed by atoms with E-state index in [0.717, 1.165) is 30.9 Å². The van der Waals surface area contributed by atoms with Gasteiger partial charge in [-0.3, -0.25) is 9.78 Å². The highest BCUT2D eigenvalue weighted by atomic mass is 16.5. The van der Waals surface area contributed by atoms with Crippen LogP contribution >= 0.6 is 0 Å². The number of imidazole rings is 1. The third-order valence-electron chi connectivity index (χ3n) is 3.78. The summed E-state index contributed by atoms with van der Waals surface area (Å²) < 4.78 is 7.72. The fourth-order valence-electron chi connectivity index (χ4n) is 2.70. The maximum Gasteiger partial charge on any atom is 0.261 e. The van der Waals surface area contributed by atoms with Gasteiger partial charge in [0, 0.05) is 31.4 Å². The molecule has 0 spiro atoms. The predicted octanol–water partition coefficient (Wildman–Crippen LogP) is 1.49. The first-order valence-electron chi connectivity index (χ1n) is 7.51. The molecule has 22 heavy (non-hydrogen) atoms. The summed E-state index contributed by atoms with van der Waals surface area (Å²) in [5.41, 5.74) is 1.02. The second-order valence-corrected chi connectivity index (χ2v) is 5.64. The average molecular weight is 300 g/mol. The molecule has 0 aromatic carbocycles. The Kier molecular flexibility index (Phi) is 4.09. The normalized spacial score (nSPS) is 18.4. The Labute approximate surface area is 129 Å². The lowest BCUT2D eigenvalue weighted by atomic mass is 10.1. The van der Waals surface area contributed by atoms with Crippen molar-refractivity contribution in [2.75, 3.05) is 0 Å². The van der Waals surface area contributed by atoms with Crippen molar-refractivity contribution in [2.45, 2.75) is 45.4 Å². The Hall–Kier alpha value is -2.37. The molecule has 1 aliphatic rings. The average Bonchev–Trinajstić information content (AvgIpc) is 2.87. The number of hydrogen-bond donors (Lipinski definition) is 1. The summed E-state index contributed by atoms with van der Waals surface area (Å²) in [5, 5.41) is 3.06. The van der Waals surface area contributed by atoms with E-state index in [1.165, 1.54) is 0 Å². The van der Waals surface area contributed by atoms with Gasteiger partial charge in [-0.05, 0) is 32.4 Å². The minimum atomic E-state index is -0.546. The number of carbonyl (C=O) groups is 1. The van der Waals surface area contributed by atoms with Crippen LogP contribution in [0.2, 0.25) is 0 Å². The molecule has 3 rings (SSSR count). The molecule has 2 atom stereocenters. The zero-order valence-electron chi connectivity index (χ0n) is 12.8. The lowest BCUT2D eigenvalue weighted by Gasteiger charge is -2.26. The van der Waals surface area contributed by atoms with Gasteiger partial charge in [-0.2, -0.15) is 0 Å². The van der Waals surface area contributed by atoms with E-state index in [1.807, 2.05) is 13.1 Å². The van der Waals surface area contributed by atoms with Crippen molar-refractivity contribution in [2.24, 2.45) is 0 Å². The number of carbonyl (C=O) groups excluding carboxylic acids is 1. The van der Waals surface area contributed by atoms with Crippen LogP contribution in [-0.4, -0.2) is 32.6 Å². The van der Waals surface area contributed by atoms with Gasteiger partial charge in [0.2, 0.25) is 0 Å². The molecule has 1 N–H and O–H groups in total. The van der Waals surface area contributed by atoms with E-state index < -0.39 is 6.10 Å². The molecule has 2 aromatic rings. The monoisotopic (exact) mass is 300 g/mol. The zero-order valence-corrected chi connectivity index (χ0v) is 12.8. The number of fused-ring (bicyclic) bond motifs is 1. The Morgan fingerprint density at radius 1 is 1.55 bits per heavy atom.